The molecule has 0 bridgehead atoms. The highest BCUT2D eigenvalue weighted by atomic mass is 127. The summed E-state index contributed by atoms with van der Waals surface area (Å²) < 4.78 is 5.19. The lowest BCUT2D eigenvalue weighted by molar-refractivity contribution is -0.127. The van der Waals surface area contributed by atoms with Crippen molar-refractivity contribution in [2.75, 3.05) is 27.7 Å². The first-order chi connectivity index (χ1) is 13.0. The number of nitrogens with one attached hydrogen (secondary N) is 2. The summed E-state index contributed by atoms with van der Waals surface area (Å²) in [4.78, 5) is 18.1. The fourth-order valence-electron chi connectivity index (χ4n) is 2.55. The number of carbonyl (C=O) groups is 1. The van der Waals surface area contributed by atoms with Crippen molar-refractivity contribution >= 4 is 35.8 Å². The zero-order valence-corrected chi connectivity index (χ0v) is 20.3. The molecule has 0 aliphatic rings. The highest BCUT2D eigenvalue weighted by Crippen LogP contribution is 2.12. The minimum atomic E-state index is 0. The SMILES string of the molecule is CCCCCCC(C)NC(=NCc1ccc(OC)cc1)NCC(=O)N(C)C.I. The first kappa shape index (κ1) is 26.5. The molecule has 6 nitrogen and oxygen atoms in total. The number of likely N-dealkylation sites (N-methyl/N-ethyl adjacent to an activating group) is 1. The standard InChI is InChI=1S/C21H36N4O2.HI/c1-6-7-8-9-10-17(2)24-21(23-16-20(26)25(3)4)22-15-18-11-13-19(27-5)14-12-18;/h11-14,17H,6-10,15-16H2,1-5H3,(H2,22,23,24);1H. The number of carbonyl (C=O) groups excluding carboxylic acids is 1. The first-order valence-corrected chi connectivity index (χ1v) is 9.84. The topological polar surface area (TPSA) is 66.0 Å². The van der Waals surface area contributed by atoms with Crippen LogP contribution in [0.4, 0.5) is 0 Å². The fourth-order valence-corrected chi connectivity index (χ4v) is 2.55. The predicted molar refractivity (Wildman–Crippen MR) is 128 cm³/mol. The van der Waals surface area contributed by atoms with Crippen molar-refractivity contribution in [3.05, 3.63) is 29.8 Å². The number of guanidine groups is 1. The van der Waals surface area contributed by atoms with E-state index in [-0.39, 0.29) is 36.4 Å². The highest BCUT2D eigenvalue weighted by Gasteiger charge is 2.09. The summed E-state index contributed by atoms with van der Waals surface area (Å²) in [6.45, 7) is 5.14. The molecule has 160 valence electrons. The lowest BCUT2D eigenvalue weighted by Gasteiger charge is -2.19. The van der Waals surface area contributed by atoms with Crippen molar-refractivity contribution < 1.29 is 9.53 Å². The second-order valence-electron chi connectivity index (χ2n) is 7.05. The molecule has 1 amide bonds. The van der Waals surface area contributed by atoms with Crippen LogP contribution in [0, 0.1) is 0 Å². The van der Waals surface area contributed by atoms with Crippen LogP contribution in [0.3, 0.4) is 0 Å². The van der Waals surface area contributed by atoms with E-state index in [9.17, 15) is 4.79 Å². The summed E-state index contributed by atoms with van der Waals surface area (Å²) in [5, 5.41) is 6.57. The Morgan fingerprint density at radius 1 is 1.18 bits per heavy atom. The third kappa shape index (κ3) is 11.4. The molecule has 0 saturated heterocycles. The Balaban J connectivity index is 0.00000729. The van der Waals surface area contributed by atoms with Crippen LogP contribution in [0.1, 0.15) is 51.5 Å². The molecule has 0 aliphatic carbocycles. The van der Waals surface area contributed by atoms with E-state index < -0.39 is 0 Å². The molecule has 0 aliphatic heterocycles. The van der Waals surface area contributed by atoms with Gasteiger partial charge in [0, 0.05) is 20.1 Å². The summed E-state index contributed by atoms with van der Waals surface area (Å²) in [6.07, 6.45) is 6.06. The lowest BCUT2D eigenvalue weighted by Crippen LogP contribution is -2.46. The van der Waals surface area contributed by atoms with E-state index in [1.54, 1.807) is 26.1 Å². The van der Waals surface area contributed by atoms with Gasteiger partial charge < -0.3 is 20.3 Å². The van der Waals surface area contributed by atoms with Crippen molar-refractivity contribution in [3.8, 4) is 5.75 Å². The number of nitrogens with zero attached hydrogens (tertiary/aromatic N) is 2. The lowest BCUT2D eigenvalue weighted by atomic mass is 10.1. The molecule has 0 radical (unpaired) electrons. The smallest absolute Gasteiger partial charge is 0.241 e. The molecule has 0 spiro atoms. The van der Waals surface area contributed by atoms with Crippen molar-refractivity contribution in [2.45, 2.75) is 58.5 Å². The van der Waals surface area contributed by atoms with Crippen LogP contribution in [0.2, 0.25) is 0 Å². The van der Waals surface area contributed by atoms with Gasteiger partial charge in [-0.1, -0.05) is 44.7 Å². The van der Waals surface area contributed by atoms with Crippen LogP contribution in [0.15, 0.2) is 29.3 Å². The van der Waals surface area contributed by atoms with E-state index in [0.29, 0.717) is 18.5 Å². The maximum Gasteiger partial charge on any atom is 0.241 e. The normalized spacial score (nSPS) is 12.0. The number of amides is 1. The third-order valence-corrected chi connectivity index (χ3v) is 4.36. The fraction of sp³-hybridized carbons (Fsp3) is 0.619. The number of benzene rings is 1. The summed E-state index contributed by atoms with van der Waals surface area (Å²) in [6, 6.07) is 8.16. The first-order valence-electron chi connectivity index (χ1n) is 9.84. The number of ether oxygens (including phenoxy) is 1. The summed E-state index contributed by atoms with van der Waals surface area (Å²) in [5.41, 5.74) is 1.09. The molecule has 28 heavy (non-hydrogen) atoms. The molecule has 1 rings (SSSR count). The second kappa shape index (κ2) is 15.4. The van der Waals surface area contributed by atoms with Crippen LogP contribution < -0.4 is 15.4 Å². The number of unbranched alkanes of at least 4 members (excludes halogenated alkanes) is 3. The predicted octanol–water partition coefficient (Wildman–Crippen LogP) is 3.80. The number of halogens is 1. The summed E-state index contributed by atoms with van der Waals surface area (Å²) in [7, 11) is 5.16. The van der Waals surface area contributed by atoms with Crippen molar-refractivity contribution in [1.82, 2.24) is 15.5 Å². The number of aliphatic imine (C=N–C) groups is 1. The molecule has 0 aromatic heterocycles. The van der Waals surface area contributed by atoms with Crippen LogP contribution in [-0.4, -0.2) is 50.6 Å². The van der Waals surface area contributed by atoms with Crippen molar-refractivity contribution in [1.29, 1.82) is 0 Å². The molecule has 7 heteroatoms. The van der Waals surface area contributed by atoms with E-state index in [1.165, 1.54) is 25.7 Å². The van der Waals surface area contributed by atoms with Crippen molar-refractivity contribution in [3.63, 3.8) is 0 Å². The van der Waals surface area contributed by atoms with Crippen LogP contribution in [-0.2, 0) is 11.3 Å². The molecule has 1 aromatic carbocycles. The molecule has 1 unspecified atom stereocenters. The van der Waals surface area contributed by atoms with Gasteiger partial charge in [0.05, 0.1) is 20.2 Å². The molecule has 0 fully saturated rings. The third-order valence-electron chi connectivity index (χ3n) is 4.36. The number of methoxy groups -OCH3 is 1. The van der Waals surface area contributed by atoms with Gasteiger partial charge in [0.2, 0.25) is 5.91 Å². The van der Waals surface area contributed by atoms with Gasteiger partial charge in [0.25, 0.3) is 0 Å². The van der Waals surface area contributed by atoms with Crippen molar-refractivity contribution in [2.24, 2.45) is 4.99 Å². The molecule has 2 N–H and O–H groups in total. The Bertz CT molecular complexity index is 576. The second-order valence-corrected chi connectivity index (χ2v) is 7.05. The zero-order chi connectivity index (χ0) is 20.1. The van der Waals surface area contributed by atoms with Crippen LogP contribution >= 0.6 is 24.0 Å². The number of rotatable bonds is 11. The summed E-state index contributed by atoms with van der Waals surface area (Å²) >= 11 is 0. The Labute approximate surface area is 187 Å². The van der Waals surface area contributed by atoms with E-state index in [4.69, 9.17) is 4.74 Å². The Morgan fingerprint density at radius 2 is 1.86 bits per heavy atom. The molecular weight excluding hydrogens is 467 g/mol. The van der Waals surface area contributed by atoms with E-state index >= 15 is 0 Å². The monoisotopic (exact) mass is 504 g/mol. The van der Waals surface area contributed by atoms with Gasteiger partial charge in [-0.05, 0) is 31.0 Å². The van der Waals surface area contributed by atoms with E-state index in [1.807, 2.05) is 24.3 Å². The van der Waals surface area contributed by atoms with Gasteiger partial charge in [-0.3, -0.25) is 4.79 Å². The van der Waals surface area contributed by atoms with Gasteiger partial charge >= 0.3 is 0 Å². The number of hydrogen-bond acceptors (Lipinski definition) is 3. The minimum absolute atomic E-state index is 0. The zero-order valence-electron chi connectivity index (χ0n) is 18.0. The highest BCUT2D eigenvalue weighted by molar-refractivity contribution is 14.0. The summed E-state index contributed by atoms with van der Waals surface area (Å²) in [5.74, 6) is 1.52. The molecular formula is C21H37IN4O2. The average Bonchev–Trinajstić information content (AvgIpc) is 2.67. The van der Waals surface area contributed by atoms with Crippen LogP contribution in [0.25, 0.3) is 0 Å². The van der Waals surface area contributed by atoms with Gasteiger partial charge in [-0.25, -0.2) is 4.99 Å². The Hall–Kier alpha value is -1.51. The molecule has 0 heterocycles. The molecule has 1 aromatic rings. The number of hydrogen-bond donors (Lipinski definition) is 2. The van der Waals surface area contributed by atoms with Gasteiger partial charge in [-0.15, -0.1) is 24.0 Å². The minimum Gasteiger partial charge on any atom is -0.497 e. The Kier molecular flexibility index (Phi) is 14.6. The molecule has 1 atom stereocenters. The Morgan fingerprint density at radius 3 is 2.43 bits per heavy atom. The quantitative estimate of drug-likeness (QED) is 0.208. The van der Waals surface area contributed by atoms with Gasteiger partial charge in [0.1, 0.15) is 5.75 Å². The van der Waals surface area contributed by atoms with E-state index in [0.717, 1.165) is 17.7 Å². The largest absolute Gasteiger partial charge is 0.497 e. The van der Waals surface area contributed by atoms with Gasteiger partial charge in [0.15, 0.2) is 5.96 Å². The maximum absolute atomic E-state index is 11.9. The maximum atomic E-state index is 11.9. The van der Waals surface area contributed by atoms with E-state index in [2.05, 4.69) is 29.5 Å². The van der Waals surface area contributed by atoms with Gasteiger partial charge in [-0.2, -0.15) is 0 Å². The molecule has 0 saturated carbocycles. The van der Waals surface area contributed by atoms with Crippen LogP contribution in [0.5, 0.6) is 5.75 Å². The average molecular weight is 504 g/mol.